The van der Waals surface area contributed by atoms with E-state index >= 15 is 0 Å². The molecule has 1 saturated heterocycles. The van der Waals surface area contributed by atoms with Gasteiger partial charge in [0.05, 0.1) is 4.90 Å². The van der Waals surface area contributed by atoms with Crippen molar-refractivity contribution in [3.8, 4) is 0 Å². The highest BCUT2D eigenvalue weighted by atomic mass is 32.2. The van der Waals surface area contributed by atoms with Gasteiger partial charge < -0.3 is 10.6 Å². The number of anilines is 2. The van der Waals surface area contributed by atoms with Crippen molar-refractivity contribution < 1.29 is 0 Å². The van der Waals surface area contributed by atoms with Crippen LogP contribution in [0.5, 0.6) is 0 Å². The number of nitrogens with zero attached hydrogens (tertiary/aromatic N) is 2. The van der Waals surface area contributed by atoms with Gasteiger partial charge in [0.25, 0.3) is 0 Å². The van der Waals surface area contributed by atoms with Crippen LogP contribution < -0.4 is 10.6 Å². The third-order valence-corrected chi connectivity index (χ3v) is 5.37. The van der Waals surface area contributed by atoms with Crippen LogP contribution in [0, 0.1) is 5.92 Å². The summed E-state index contributed by atoms with van der Waals surface area (Å²) >= 11 is 3.29. The summed E-state index contributed by atoms with van der Waals surface area (Å²) in [6, 6.07) is 0.765. The average Bonchev–Trinajstić information content (AvgIpc) is 2.90. The number of hydrogen-bond donors (Lipinski definition) is 1. The fraction of sp³-hybridized carbons (Fsp3) is 0.700. The van der Waals surface area contributed by atoms with Gasteiger partial charge in [-0.2, -0.15) is 4.37 Å². The number of nitrogens with two attached hydrogens (primary N) is 1. The molecule has 1 aliphatic heterocycles. The zero-order chi connectivity index (χ0) is 10.4. The van der Waals surface area contributed by atoms with Gasteiger partial charge >= 0.3 is 0 Å². The summed E-state index contributed by atoms with van der Waals surface area (Å²) in [5, 5.41) is 1.31. The fourth-order valence-corrected chi connectivity index (χ4v) is 4.59. The molecule has 2 bridgehead atoms. The van der Waals surface area contributed by atoms with Gasteiger partial charge in [0.1, 0.15) is 5.00 Å². The zero-order valence-corrected chi connectivity index (χ0v) is 10.4. The summed E-state index contributed by atoms with van der Waals surface area (Å²) in [4.78, 5) is 3.72. The van der Waals surface area contributed by atoms with Crippen molar-refractivity contribution in [3.63, 3.8) is 0 Å². The lowest BCUT2D eigenvalue weighted by atomic mass is 10.1. The van der Waals surface area contributed by atoms with E-state index < -0.39 is 0 Å². The van der Waals surface area contributed by atoms with Crippen molar-refractivity contribution in [2.45, 2.75) is 30.2 Å². The highest BCUT2D eigenvalue weighted by molar-refractivity contribution is 7.99. The van der Waals surface area contributed by atoms with Crippen molar-refractivity contribution in [1.82, 2.24) is 4.37 Å². The molecule has 0 spiro atoms. The number of rotatable bonds is 2. The molecule has 1 saturated carbocycles. The first-order valence-electron chi connectivity index (χ1n) is 5.35. The Kier molecular flexibility index (Phi) is 2.32. The van der Waals surface area contributed by atoms with Crippen LogP contribution in [0.3, 0.4) is 0 Å². The molecule has 3 rings (SSSR count). The first kappa shape index (κ1) is 9.78. The predicted octanol–water partition coefficient (Wildman–Crippen LogP) is 2.44. The lowest BCUT2D eigenvalue weighted by Gasteiger charge is -2.27. The zero-order valence-electron chi connectivity index (χ0n) is 8.77. The summed E-state index contributed by atoms with van der Waals surface area (Å²) in [5.41, 5.74) is 5.87. The summed E-state index contributed by atoms with van der Waals surface area (Å²) in [6.45, 7) is 1.22. The second-order valence-electron chi connectivity index (χ2n) is 4.39. The first-order chi connectivity index (χ1) is 7.29. The van der Waals surface area contributed by atoms with E-state index in [0.29, 0.717) is 5.82 Å². The van der Waals surface area contributed by atoms with Crippen LogP contribution in [0.25, 0.3) is 0 Å². The Bertz CT molecular complexity index is 377. The second kappa shape index (κ2) is 3.56. The maximum absolute atomic E-state index is 5.87. The van der Waals surface area contributed by atoms with Gasteiger partial charge in [0.2, 0.25) is 0 Å². The van der Waals surface area contributed by atoms with Crippen molar-refractivity contribution in [2.75, 3.05) is 23.4 Å². The summed E-state index contributed by atoms with van der Waals surface area (Å²) in [5.74, 6) is 1.64. The van der Waals surface area contributed by atoms with Gasteiger partial charge in [-0.25, -0.2) is 0 Å². The Morgan fingerprint density at radius 1 is 1.53 bits per heavy atom. The Labute approximate surface area is 98.2 Å². The maximum Gasteiger partial charge on any atom is 0.153 e. The molecular formula is C10H15N3S2. The Morgan fingerprint density at radius 3 is 3.00 bits per heavy atom. The number of piperidine rings is 1. The number of aromatic nitrogens is 1. The molecule has 2 heterocycles. The molecule has 5 heteroatoms. The largest absolute Gasteiger partial charge is 0.382 e. The number of fused-ring (bicyclic) bond motifs is 2. The minimum absolute atomic E-state index is 0.713. The normalized spacial score (nSPS) is 29.0. The Balaban J connectivity index is 1.93. The van der Waals surface area contributed by atoms with Gasteiger partial charge in [-0.15, -0.1) is 11.8 Å². The van der Waals surface area contributed by atoms with Gasteiger partial charge in [0.15, 0.2) is 5.82 Å². The third-order valence-electron chi connectivity index (χ3n) is 3.53. The molecule has 1 aliphatic carbocycles. The van der Waals surface area contributed by atoms with Gasteiger partial charge in [0, 0.05) is 12.6 Å². The Morgan fingerprint density at radius 2 is 2.40 bits per heavy atom. The van der Waals surface area contributed by atoms with Gasteiger partial charge in [-0.3, -0.25) is 0 Å². The molecule has 2 atom stereocenters. The van der Waals surface area contributed by atoms with Crippen LogP contribution in [0.15, 0.2) is 4.90 Å². The van der Waals surface area contributed by atoms with Gasteiger partial charge in [-0.05, 0) is 43.0 Å². The second-order valence-corrected chi connectivity index (χ2v) is 5.96. The SMILES string of the molecule is CSc1c(N)nsc1N1CC2CCC1C2. The van der Waals surface area contributed by atoms with Crippen LogP contribution in [-0.2, 0) is 0 Å². The van der Waals surface area contributed by atoms with E-state index in [1.54, 1.807) is 23.3 Å². The van der Waals surface area contributed by atoms with E-state index in [-0.39, 0.29) is 0 Å². The molecule has 2 fully saturated rings. The maximum atomic E-state index is 5.87. The van der Waals surface area contributed by atoms with Crippen molar-refractivity contribution >= 4 is 34.1 Å². The topological polar surface area (TPSA) is 42.1 Å². The van der Waals surface area contributed by atoms with Crippen LogP contribution in [0.4, 0.5) is 10.8 Å². The van der Waals surface area contributed by atoms with Crippen molar-refractivity contribution in [2.24, 2.45) is 5.92 Å². The predicted molar refractivity (Wildman–Crippen MR) is 66.8 cm³/mol. The molecule has 2 unspecified atom stereocenters. The molecular weight excluding hydrogens is 226 g/mol. The lowest BCUT2D eigenvalue weighted by molar-refractivity contribution is 0.554. The minimum atomic E-state index is 0.713. The van der Waals surface area contributed by atoms with Crippen LogP contribution in [-0.4, -0.2) is 23.2 Å². The minimum Gasteiger partial charge on any atom is -0.382 e. The number of nitrogen functional groups attached to an aromatic ring is 1. The van der Waals surface area contributed by atoms with E-state index in [1.165, 1.54) is 35.7 Å². The quantitative estimate of drug-likeness (QED) is 0.808. The van der Waals surface area contributed by atoms with E-state index in [4.69, 9.17) is 5.73 Å². The van der Waals surface area contributed by atoms with E-state index in [0.717, 1.165) is 12.0 Å². The lowest BCUT2D eigenvalue weighted by Crippen LogP contribution is -2.31. The molecule has 0 aromatic carbocycles. The summed E-state index contributed by atoms with van der Waals surface area (Å²) < 4.78 is 4.27. The summed E-state index contributed by atoms with van der Waals surface area (Å²) in [6.07, 6.45) is 6.24. The van der Waals surface area contributed by atoms with Crippen molar-refractivity contribution in [1.29, 1.82) is 0 Å². The monoisotopic (exact) mass is 241 g/mol. The standard InChI is InChI=1S/C10H15N3S2/c1-14-8-9(11)12-15-10(8)13-5-6-2-3-7(13)4-6/h6-7H,2-5H2,1H3,(H2,11,12). The smallest absolute Gasteiger partial charge is 0.153 e. The average molecular weight is 241 g/mol. The molecule has 0 amide bonds. The van der Waals surface area contributed by atoms with Crippen LogP contribution in [0.1, 0.15) is 19.3 Å². The van der Waals surface area contributed by atoms with E-state index in [9.17, 15) is 0 Å². The highest BCUT2D eigenvalue weighted by Crippen LogP contribution is 2.46. The number of hydrogen-bond acceptors (Lipinski definition) is 5. The molecule has 3 nitrogen and oxygen atoms in total. The number of thioether (sulfide) groups is 1. The summed E-state index contributed by atoms with van der Waals surface area (Å²) in [7, 11) is 0. The molecule has 1 aromatic rings. The molecule has 2 N–H and O–H groups in total. The van der Waals surface area contributed by atoms with Crippen molar-refractivity contribution in [3.05, 3.63) is 0 Å². The Hall–Kier alpha value is -0.420. The molecule has 1 aromatic heterocycles. The van der Waals surface area contributed by atoms with Gasteiger partial charge in [-0.1, -0.05) is 0 Å². The molecule has 0 radical (unpaired) electrons. The van der Waals surface area contributed by atoms with E-state index in [1.807, 2.05) is 0 Å². The van der Waals surface area contributed by atoms with Crippen LogP contribution >= 0.6 is 23.3 Å². The first-order valence-corrected chi connectivity index (χ1v) is 7.35. The van der Waals surface area contributed by atoms with E-state index in [2.05, 4.69) is 15.5 Å². The van der Waals surface area contributed by atoms with Crippen LogP contribution in [0.2, 0.25) is 0 Å². The molecule has 15 heavy (non-hydrogen) atoms. The highest BCUT2D eigenvalue weighted by Gasteiger charge is 2.39. The molecule has 82 valence electrons. The fourth-order valence-electron chi connectivity index (χ4n) is 2.83. The molecule has 2 aliphatic rings. The third kappa shape index (κ3) is 1.44.